The molecule has 2 heterocycles. The molecule has 2 aromatic carbocycles. The van der Waals surface area contributed by atoms with Gasteiger partial charge in [0.05, 0.1) is 0 Å². The first-order valence-electron chi connectivity index (χ1n) is 9.28. The van der Waals surface area contributed by atoms with Gasteiger partial charge in [-0.05, 0) is 61.4 Å². The summed E-state index contributed by atoms with van der Waals surface area (Å²) in [5.41, 5.74) is 8.23. The van der Waals surface area contributed by atoms with Gasteiger partial charge in [0.1, 0.15) is 11.7 Å². The Morgan fingerprint density at radius 1 is 0.963 bits per heavy atom. The molecule has 2 aliphatic rings. The highest BCUT2D eigenvalue weighted by molar-refractivity contribution is 5.99. The van der Waals surface area contributed by atoms with Crippen molar-refractivity contribution in [3.63, 3.8) is 0 Å². The molecule has 6 heteroatoms. The summed E-state index contributed by atoms with van der Waals surface area (Å²) in [5, 5.41) is 3.48. The summed E-state index contributed by atoms with van der Waals surface area (Å²) in [6, 6.07) is 14.4. The SMILES string of the molecule is N/N=C(\N)c1ccc(C(=O)N2C3CCC2CC(c2ccc(F)cc2)C3)cc1. The van der Waals surface area contributed by atoms with Crippen LogP contribution in [0.5, 0.6) is 0 Å². The third-order valence-electron chi connectivity index (χ3n) is 5.88. The van der Waals surface area contributed by atoms with Crippen LogP contribution in [0.1, 0.15) is 53.1 Å². The number of nitrogens with two attached hydrogens (primary N) is 2. The molecule has 4 rings (SSSR count). The van der Waals surface area contributed by atoms with Gasteiger partial charge < -0.3 is 16.5 Å². The van der Waals surface area contributed by atoms with E-state index in [2.05, 4.69) is 10.0 Å². The summed E-state index contributed by atoms with van der Waals surface area (Å²) >= 11 is 0. The second kappa shape index (κ2) is 7.02. The van der Waals surface area contributed by atoms with E-state index in [-0.39, 0.29) is 29.6 Å². The number of carbonyl (C=O) groups excluding carboxylic acids is 1. The summed E-state index contributed by atoms with van der Waals surface area (Å²) in [5.74, 6) is 5.68. The number of carbonyl (C=O) groups is 1. The zero-order valence-electron chi connectivity index (χ0n) is 15.0. The zero-order chi connectivity index (χ0) is 19.0. The van der Waals surface area contributed by atoms with E-state index in [1.807, 2.05) is 12.1 Å². The topological polar surface area (TPSA) is 84.7 Å². The van der Waals surface area contributed by atoms with Crippen molar-refractivity contribution in [2.24, 2.45) is 16.7 Å². The van der Waals surface area contributed by atoms with Crippen LogP contribution in [-0.2, 0) is 0 Å². The summed E-state index contributed by atoms with van der Waals surface area (Å²) in [6.07, 6.45) is 3.91. The first-order valence-corrected chi connectivity index (χ1v) is 9.28. The number of amidine groups is 1. The molecule has 2 fully saturated rings. The number of hydrazone groups is 1. The standard InChI is InChI=1S/C21H23FN4O/c22-17-7-5-13(6-8-17)16-11-18-9-10-19(12-16)26(18)21(27)15-3-1-14(2-4-15)20(23)25-24/h1-8,16,18-19H,9-12,24H2,(H2,23,25). The molecule has 2 saturated heterocycles. The molecule has 2 aromatic rings. The third kappa shape index (κ3) is 3.27. The maximum absolute atomic E-state index is 13.2. The largest absolute Gasteiger partial charge is 0.382 e. The normalized spacial score (nSPS) is 24.9. The first-order chi connectivity index (χ1) is 13.1. The van der Waals surface area contributed by atoms with E-state index < -0.39 is 0 Å². The molecule has 0 aliphatic carbocycles. The van der Waals surface area contributed by atoms with Gasteiger partial charge in [0, 0.05) is 23.2 Å². The average Bonchev–Trinajstić information content (AvgIpc) is 2.96. The summed E-state index contributed by atoms with van der Waals surface area (Å²) in [4.78, 5) is 15.1. The maximum Gasteiger partial charge on any atom is 0.254 e. The van der Waals surface area contributed by atoms with Gasteiger partial charge in [0.15, 0.2) is 0 Å². The lowest BCUT2D eigenvalue weighted by atomic mass is 9.85. The van der Waals surface area contributed by atoms with E-state index in [1.165, 1.54) is 17.7 Å². The minimum Gasteiger partial charge on any atom is -0.382 e. The number of amides is 1. The Balaban J connectivity index is 1.51. The molecule has 1 amide bonds. The molecule has 4 N–H and O–H groups in total. The van der Waals surface area contributed by atoms with Gasteiger partial charge in [-0.1, -0.05) is 24.3 Å². The van der Waals surface area contributed by atoms with Crippen LogP contribution in [0.2, 0.25) is 0 Å². The number of halogens is 1. The van der Waals surface area contributed by atoms with Crippen molar-refractivity contribution in [3.8, 4) is 0 Å². The molecule has 0 saturated carbocycles. The van der Waals surface area contributed by atoms with Gasteiger partial charge in [-0.3, -0.25) is 4.79 Å². The Kier molecular flexibility index (Phi) is 4.56. The minimum absolute atomic E-state index is 0.0647. The fourth-order valence-corrected chi connectivity index (χ4v) is 4.52. The molecule has 2 atom stereocenters. The smallest absolute Gasteiger partial charge is 0.254 e. The fraction of sp³-hybridized carbons (Fsp3) is 0.333. The quantitative estimate of drug-likeness (QED) is 0.379. The van der Waals surface area contributed by atoms with Crippen LogP contribution in [0.4, 0.5) is 4.39 Å². The summed E-state index contributed by atoms with van der Waals surface area (Å²) < 4.78 is 13.2. The number of nitrogens with zero attached hydrogens (tertiary/aromatic N) is 2. The van der Waals surface area contributed by atoms with Gasteiger partial charge in [-0.2, -0.15) is 5.10 Å². The number of benzene rings is 2. The molecular formula is C21H23FN4O. The van der Waals surface area contributed by atoms with Crippen LogP contribution in [0.3, 0.4) is 0 Å². The van der Waals surface area contributed by atoms with Crippen molar-refractivity contribution in [1.82, 2.24) is 4.90 Å². The molecule has 140 valence electrons. The van der Waals surface area contributed by atoms with Crippen molar-refractivity contribution < 1.29 is 9.18 Å². The van der Waals surface area contributed by atoms with E-state index in [1.54, 1.807) is 24.3 Å². The number of hydrogen-bond donors (Lipinski definition) is 2. The molecule has 0 aromatic heterocycles. The number of fused-ring (bicyclic) bond motifs is 2. The average molecular weight is 366 g/mol. The van der Waals surface area contributed by atoms with Crippen molar-refractivity contribution in [1.29, 1.82) is 0 Å². The fourth-order valence-electron chi connectivity index (χ4n) is 4.52. The Morgan fingerprint density at radius 3 is 2.07 bits per heavy atom. The highest BCUT2D eigenvalue weighted by Crippen LogP contribution is 2.43. The van der Waals surface area contributed by atoms with Crippen LogP contribution in [0, 0.1) is 5.82 Å². The van der Waals surface area contributed by atoms with E-state index in [0.717, 1.165) is 25.7 Å². The van der Waals surface area contributed by atoms with Gasteiger partial charge in [-0.15, -0.1) is 0 Å². The highest BCUT2D eigenvalue weighted by Gasteiger charge is 2.43. The van der Waals surface area contributed by atoms with Crippen LogP contribution in [0.15, 0.2) is 53.6 Å². The van der Waals surface area contributed by atoms with E-state index >= 15 is 0 Å². The van der Waals surface area contributed by atoms with E-state index in [4.69, 9.17) is 11.6 Å². The van der Waals surface area contributed by atoms with E-state index in [9.17, 15) is 9.18 Å². The van der Waals surface area contributed by atoms with Gasteiger partial charge in [0.25, 0.3) is 5.91 Å². The Hall–Kier alpha value is -2.89. The Bertz CT molecular complexity index is 849. The molecule has 0 radical (unpaired) electrons. The second-order valence-electron chi connectivity index (χ2n) is 7.41. The highest BCUT2D eigenvalue weighted by atomic mass is 19.1. The predicted molar refractivity (Wildman–Crippen MR) is 103 cm³/mol. The molecule has 0 spiro atoms. The molecule has 2 bridgehead atoms. The van der Waals surface area contributed by atoms with E-state index in [0.29, 0.717) is 17.0 Å². The monoisotopic (exact) mass is 366 g/mol. The summed E-state index contributed by atoms with van der Waals surface area (Å²) in [6.45, 7) is 0. The molecular weight excluding hydrogens is 343 g/mol. The number of piperidine rings is 1. The van der Waals surface area contributed by atoms with Crippen LogP contribution >= 0.6 is 0 Å². The van der Waals surface area contributed by atoms with Crippen LogP contribution in [0.25, 0.3) is 0 Å². The lowest BCUT2D eigenvalue weighted by Gasteiger charge is -2.39. The van der Waals surface area contributed by atoms with Crippen molar-refractivity contribution >= 4 is 11.7 Å². The Labute approximate surface area is 157 Å². The zero-order valence-corrected chi connectivity index (χ0v) is 15.0. The van der Waals surface area contributed by atoms with Crippen molar-refractivity contribution in [3.05, 3.63) is 71.0 Å². The van der Waals surface area contributed by atoms with Crippen molar-refractivity contribution in [2.75, 3.05) is 0 Å². The van der Waals surface area contributed by atoms with Gasteiger partial charge in [0.2, 0.25) is 0 Å². The first kappa shape index (κ1) is 17.5. The number of rotatable bonds is 3. The lowest BCUT2D eigenvalue weighted by molar-refractivity contribution is 0.0571. The molecule has 27 heavy (non-hydrogen) atoms. The minimum atomic E-state index is -0.210. The van der Waals surface area contributed by atoms with Crippen LogP contribution in [-0.4, -0.2) is 28.7 Å². The third-order valence-corrected chi connectivity index (χ3v) is 5.88. The molecule has 2 aliphatic heterocycles. The summed E-state index contributed by atoms with van der Waals surface area (Å²) in [7, 11) is 0. The second-order valence-corrected chi connectivity index (χ2v) is 7.41. The Morgan fingerprint density at radius 2 is 1.52 bits per heavy atom. The predicted octanol–water partition coefficient (Wildman–Crippen LogP) is 2.96. The van der Waals surface area contributed by atoms with Crippen molar-refractivity contribution in [2.45, 2.75) is 43.7 Å². The maximum atomic E-state index is 13.2. The van der Waals surface area contributed by atoms with Gasteiger partial charge in [-0.25, -0.2) is 4.39 Å². The molecule has 5 nitrogen and oxygen atoms in total. The van der Waals surface area contributed by atoms with Crippen LogP contribution < -0.4 is 11.6 Å². The van der Waals surface area contributed by atoms with Gasteiger partial charge >= 0.3 is 0 Å². The molecule has 2 unspecified atom stereocenters. The number of hydrogen-bond acceptors (Lipinski definition) is 3. The lowest BCUT2D eigenvalue weighted by Crippen LogP contribution is -2.46.